The van der Waals surface area contributed by atoms with E-state index in [-0.39, 0.29) is 24.8 Å². The van der Waals surface area contributed by atoms with E-state index in [0.29, 0.717) is 17.2 Å². The number of anilines is 1. The molecule has 0 saturated heterocycles. The first-order valence-electron chi connectivity index (χ1n) is 8.84. The number of aromatic nitrogens is 3. The van der Waals surface area contributed by atoms with E-state index in [1.807, 2.05) is 12.1 Å². The molecule has 0 unspecified atom stereocenters. The minimum Gasteiger partial charge on any atom is -0.286 e. The number of nitrogens with zero attached hydrogens (tertiary/aromatic N) is 4. The molecule has 27 heavy (non-hydrogen) atoms. The molecule has 9 heteroatoms. The number of rotatable bonds is 11. The van der Waals surface area contributed by atoms with Crippen molar-refractivity contribution in [3.8, 4) is 11.3 Å². The first-order chi connectivity index (χ1) is 13.1. The molecular weight excluding hydrogens is 348 g/mol. The molecule has 0 aliphatic carbocycles. The van der Waals surface area contributed by atoms with E-state index in [4.69, 9.17) is 0 Å². The van der Waals surface area contributed by atoms with Gasteiger partial charge in [-0.15, -0.1) is 0 Å². The molecule has 2 amide bonds. The number of carbonyl (C=O) groups excluding carboxylic acids is 2. The summed E-state index contributed by atoms with van der Waals surface area (Å²) in [6, 6.07) is 5.40. The van der Waals surface area contributed by atoms with E-state index in [2.05, 4.69) is 32.7 Å². The number of pyridine rings is 1. The number of hydrazine groups is 1. The molecule has 9 nitrogen and oxygen atoms in total. The van der Waals surface area contributed by atoms with Gasteiger partial charge in [-0.1, -0.05) is 26.2 Å². The Morgan fingerprint density at radius 3 is 2.74 bits per heavy atom. The largest absolute Gasteiger partial charge is 0.286 e. The van der Waals surface area contributed by atoms with Crippen LogP contribution in [0, 0.1) is 5.92 Å². The summed E-state index contributed by atoms with van der Waals surface area (Å²) in [6.07, 6.45) is 8.58. The van der Waals surface area contributed by atoms with Crippen LogP contribution in [0.5, 0.6) is 0 Å². The summed E-state index contributed by atoms with van der Waals surface area (Å²) in [6.45, 7) is 1.99. The molecule has 0 fully saturated rings. The highest BCUT2D eigenvalue weighted by molar-refractivity contribution is 5.80. The van der Waals surface area contributed by atoms with Gasteiger partial charge in [0.1, 0.15) is 0 Å². The fourth-order valence-corrected chi connectivity index (χ4v) is 2.54. The second kappa shape index (κ2) is 10.8. The minimum absolute atomic E-state index is 0.0708. The van der Waals surface area contributed by atoms with Gasteiger partial charge in [0.15, 0.2) is 0 Å². The average Bonchev–Trinajstić information content (AvgIpc) is 2.72. The van der Waals surface area contributed by atoms with Crippen LogP contribution in [-0.2, 0) is 9.59 Å². The predicted octanol–water partition coefficient (Wildman–Crippen LogP) is 2.03. The van der Waals surface area contributed by atoms with Gasteiger partial charge in [-0.3, -0.25) is 30.6 Å². The maximum absolute atomic E-state index is 12.4. The number of hydroxylamine groups is 2. The summed E-state index contributed by atoms with van der Waals surface area (Å²) in [7, 11) is 0. The molecule has 144 valence electrons. The Bertz CT molecular complexity index is 728. The number of nitrogens with one attached hydrogen (secondary N) is 2. The van der Waals surface area contributed by atoms with Crippen molar-refractivity contribution in [3.05, 3.63) is 36.8 Å². The summed E-state index contributed by atoms with van der Waals surface area (Å²) < 4.78 is 0. The highest BCUT2D eigenvalue weighted by Crippen LogP contribution is 2.16. The molecule has 2 aromatic rings. The molecule has 0 radical (unpaired) electrons. The molecule has 2 aromatic heterocycles. The van der Waals surface area contributed by atoms with Crippen molar-refractivity contribution < 1.29 is 14.8 Å². The van der Waals surface area contributed by atoms with Gasteiger partial charge in [0.2, 0.25) is 18.3 Å². The van der Waals surface area contributed by atoms with E-state index in [9.17, 15) is 14.8 Å². The standard InChI is InChI=1S/C18H24N6O3/c1-2-3-4-5-15(12-24(27)13-25)17(26)22-23-18-20-11-8-16(21-18)14-6-9-19-10-7-14/h6-11,13,15,27H,2-5,12H2,1H3,(H,22,26)(H,20,21,23)/t15-/m1/s1. The lowest BCUT2D eigenvalue weighted by molar-refractivity contribution is -0.154. The van der Waals surface area contributed by atoms with Gasteiger partial charge < -0.3 is 0 Å². The average molecular weight is 372 g/mol. The molecule has 0 saturated carbocycles. The lowest BCUT2D eigenvalue weighted by Crippen LogP contribution is -2.40. The van der Waals surface area contributed by atoms with Gasteiger partial charge in [0.05, 0.1) is 18.2 Å². The van der Waals surface area contributed by atoms with E-state index in [0.717, 1.165) is 24.8 Å². The van der Waals surface area contributed by atoms with E-state index in [1.165, 1.54) is 0 Å². The number of carbonyl (C=O) groups is 2. The zero-order valence-electron chi connectivity index (χ0n) is 15.2. The van der Waals surface area contributed by atoms with Crippen LogP contribution in [0.25, 0.3) is 11.3 Å². The van der Waals surface area contributed by atoms with E-state index < -0.39 is 5.92 Å². The van der Waals surface area contributed by atoms with Crippen LogP contribution >= 0.6 is 0 Å². The highest BCUT2D eigenvalue weighted by Gasteiger charge is 2.20. The molecule has 3 N–H and O–H groups in total. The van der Waals surface area contributed by atoms with Crippen molar-refractivity contribution in [2.75, 3.05) is 12.0 Å². The molecule has 0 aliphatic rings. The Morgan fingerprint density at radius 1 is 1.26 bits per heavy atom. The third kappa shape index (κ3) is 6.63. The van der Waals surface area contributed by atoms with Crippen molar-refractivity contribution in [2.24, 2.45) is 5.92 Å². The Kier molecular flexibility index (Phi) is 8.11. The van der Waals surface area contributed by atoms with Crippen molar-refractivity contribution in [1.82, 2.24) is 25.4 Å². The quantitative estimate of drug-likeness (QED) is 0.239. The van der Waals surface area contributed by atoms with Gasteiger partial charge in [-0.05, 0) is 24.6 Å². The van der Waals surface area contributed by atoms with Crippen LogP contribution in [0.15, 0.2) is 36.8 Å². The van der Waals surface area contributed by atoms with Crippen LogP contribution in [-0.4, -0.2) is 44.1 Å². The zero-order valence-corrected chi connectivity index (χ0v) is 15.2. The number of hydrogen-bond donors (Lipinski definition) is 3. The SMILES string of the molecule is CCCCC[C@H](CN(O)C=O)C(=O)NNc1nccc(-c2ccncc2)n1. The summed E-state index contributed by atoms with van der Waals surface area (Å²) in [5, 5.41) is 9.90. The van der Waals surface area contributed by atoms with Crippen LogP contribution < -0.4 is 10.9 Å². The number of hydrogen-bond acceptors (Lipinski definition) is 7. The molecule has 0 bridgehead atoms. The molecule has 2 heterocycles. The lowest BCUT2D eigenvalue weighted by Gasteiger charge is -2.19. The minimum atomic E-state index is -0.539. The smallest absolute Gasteiger partial charge is 0.243 e. The zero-order chi connectivity index (χ0) is 19.5. The molecule has 0 aromatic carbocycles. The van der Waals surface area contributed by atoms with Crippen LogP contribution in [0.3, 0.4) is 0 Å². The number of amides is 2. The first-order valence-corrected chi connectivity index (χ1v) is 8.84. The maximum Gasteiger partial charge on any atom is 0.243 e. The van der Waals surface area contributed by atoms with Crippen LogP contribution in [0.1, 0.15) is 32.6 Å². The Hall–Kier alpha value is -3.07. The molecule has 0 aliphatic heterocycles. The summed E-state index contributed by atoms with van der Waals surface area (Å²) in [4.78, 5) is 35.5. The van der Waals surface area contributed by atoms with E-state index in [1.54, 1.807) is 24.7 Å². The molecule has 1 atom stereocenters. The fraction of sp³-hybridized carbons (Fsp3) is 0.389. The van der Waals surface area contributed by atoms with Crippen molar-refractivity contribution >= 4 is 18.3 Å². The summed E-state index contributed by atoms with van der Waals surface area (Å²) >= 11 is 0. The highest BCUT2D eigenvalue weighted by atomic mass is 16.5. The predicted molar refractivity (Wildman–Crippen MR) is 99.2 cm³/mol. The maximum atomic E-state index is 12.4. The van der Waals surface area contributed by atoms with Crippen molar-refractivity contribution in [3.63, 3.8) is 0 Å². The third-order valence-corrected chi connectivity index (χ3v) is 3.99. The monoisotopic (exact) mass is 372 g/mol. The third-order valence-electron chi connectivity index (χ3n) is 3.99. The summed E-state index contributed by atoms with van der Waals surface area (Å²) in [5.41, 5.74) is 6.81. The van der Waals surface area contributed by atoms with Crippen molar-refractivity contribution in [1.29, 1.82) is 0 Å². The first kappa shape index (κ1) is 20.2. The fourth-order valence-electron chi connectivity index (χ4n) is 2.54. The van der Waals surface area contributed by atoms with Gasteiger partial charge in [-0.2, -0.15) is 0 Å². The van der Waals surface area contributed by atoms with Gasteiger partial charge >= 0.3 is 0 Å². The second-order valence-corrected chi connectivity index (χ2v) is 6.04. The van der Waals surface area contributed by atoms with Gasteiger partial charge in [-0.25, -0.2) is 15.0 Å². The Balaban J connectivity index is 1.98. The molecule has 0 spiro atoms. The van der Waals surface area contributed by atoms with Gasteiger partial charge in [0, 0.05) is 24.2 Å². The Labute approximate surface area is 157 Å². The Morgan fingerprint density at radius 2 is 2.04 bits per heavy atom. The molecular formula is C18H24N6O3. The van der Waals surface area contributed by atoms with Gasteiger partial charge in [0.25, 0.3) is 0 Å². The van der Waals surface area contributed by atoms with Crippen LogP contribution in [0.2, 0.25) is 0 Å². The molecule has 2 rings (SSSR count). The topological polar surface area (TPSA) is 120 Å². The second-order valence-electron chi connectivity index (χ2n) is 6.04. The summed E-state index contributed by atoms with van der Waals surface area (Å²) in [5.74, 6) is -0.645. The van der Waals surface area contributed by atoms with Crippen molar-refractivity contribution in [2.45, 2.75) is 32.6 Å². The lowest BCUT2D eigenvalue weighted by atomic mass is 10.0. The van der Waals surface area contributed by atoms with E-state index >= 15 is 0 Å². The normalized spacial score (nSPS) is 11.5. The van der Waals surface area contributed by atoms with Crippen LogP contribution in [0.4, 0.5) is 5.95 Å². The number of unbranched alkanes of at least 4 members (excludes halogenated alkanes) is 2.